The fourth-order valence-corrected chi connectivity index (χ4v) is 1.30. The molecule has 1 N–H and O–H groups in total. The second-order valence-corrected chi connectivity index (χ2v) is 4.95. The molecule has 3 atom stereocenters. The summed E-state index contributed by atoms with van der Waals surface area (Å²) in [5.41, 5.74) is 0. The van der Waals surface area contributed by atoms with Crippen LogP contribution in [-0.2, 0) is 4.74 Å². The van der Waals surface area contributed by atoms with Gasteiger partial charge in [0.1, 0.15) is 0 Å². The van der Waals surface area contributed by atoms with Crippen molar-refractivity contribution in [1.82, 2.24) is 0 Å². The van der Waals surface area contributed by atoms with Crippen LogP contribution in [0.15, 0.2) is 0 Å². The zero-order valence-electron chi connectivity index (χ0n) is 10.3. The van der Waals surface area contributed by atoms with Crippen LogP contribution in [0.1, 0.15) is 41.0 Å². The summed E-state index contributed by atoms with van der Waals surface area (Å²) in [6.07, 6.45) is 0.618. The number of hydrogen-bond acceptors (Lipinski definition) is 2. The van der Waals surface area contributed by atoms with Crippen molar-refractivity contribution < 1.29 is 9.84 Å². The van der Waals surface area contributed by atoms with Gasteiger partial charge in [-0.05, 0) is 31.1 Å². The Balaban J connectivity index is 3.44. The van der Waals surface area contributed by atoms with Gasteiger partial charge in [0.2, 0.25) is 0 Å². The van der Waals surface area contributed by atoms with Gasteiger partial charge in [0.15, 0.2) is 0 Å². The molecule has 0 aliphatic rings. The maximum atomic E-state index is 9.16. The fraction of sp³-hybridized carbons (Fsp3) is 1.00. The molecule has 0 aliphatic carbocycles. The van der Waals surface area contributed by atoms with Crippen LogP contribution >= 0.6 is 0 Å². The van der Waals surface area contributed by atoms with Crippen LogP contribution in [0.3, 0.4) is 0 Å². The van der Waals surface area contributed by atoms with E-state index in [0.717, 1.165) is 19.6 Å². The van der Waals surface area contributed by atoms with Gasteiger partial charge in [-0.15, -0.1) is 0 Å². The molecule has 2 nitrogen and oxygen atoms in total. The van der Waals surface area contributed by atoms with Gasteiger partial charge in [-0.1, -0.05) is 27.7 Å². The van der Waals surface area contributed by atoms with Crippen molar-refractivity contribution in [3.63, 3.8) is 0 Å². The molecule has 0 saturated carbocycles. The van der Waals surface area contributed by atoms with Crippen LogP contribution in [-0.4, -0.2) is 24.4 Å². The Bertz CT molecular complexity index is 132. The Morgan fingerprint density at radius 1 is 1.00 bits per heavy atom. The second kappa shape index (κ2) is 7.24. The number of aliphatic hydroxyl groups is 1. The molecule has 0 aromatic rings. The van der Waals surface area contributed by atoms with Crippen LogP contribution in [0.4, 0.5) is 0 Å². The van der Waals surface area contributed by atoms with Crippen LogP contribution < -0.4 is 0 Å². The summed E-state index contributed by atoms with van der Waals surface area (Å²) in [7, 11) is 0. The molecule has 0 heterocycles. The molecule has 0 fully saturated rings. The van der Waals surface area contributed by atoms with E-state index in [1.807, 2.05) is 6.92 Å². The molecule has 86 valence electrons. The molecule has 0 bridgehead atoms. The molecule has 0 aliphatic heterocycles. The molecule has 0 saturated heterocycles. The van der Waals surface area contributed by atoms with Crippen molar-refractivity contribution in [3.05, 3.63) is 0 Å². The van der Waals surface area contributed by atoms with Crippen molar-refractivity contribution in [2.75, 3.05) is 13.2 Å². The van der Waals surface area contributed by atoms with Gasteiger partial charge in [-0.2, -0.15) is 0 Å². The average molecular weight is 202 g/mol. The minimum absolute atomic E-state index is 0.212. The summed E-state index contributed by atoms with van der Waals surface area (Å²) in [6.45, 7) is 12.2. The molecule has 2 heteroatoms. The predicted molar refractivity (Wildman–Crippen MR) is 60.3 cm³/mol. The Kier molecular flexibility index (Phi) is 7.20. The van der Waals surface area contributed by atoms with Crippen molar-refractivity contribution in [3.8, 4) is 0 Å². The molecular weight excluding hydrogens is 176 g/mol. The zero-order valence-corrected chi connectivity index (χ0v) is 10.3. The highest BCUT2D eigenvalue weighted by Gasteiger charge is 2.09. The fourth-order valence-electron chi connectivity index (χ4n) is 1.30. The van der Waals surface area contributed by atoms with Gasteiger partial charge >= 0.3 is 0 Å². The van der Waals surface area contributed by atoms with E-state index in [1.165, 1.54) is 0 Å². The first-order valence-corrected chi connectivity index (χ1v) is 5.69. The Labute approximate surface area is 88.7 Å². The van der Waals surface area contributed by atoms with Gasteiger partial charge in [0.25, 0.3) is 0 Å². The first-order chi connectivity index (χ1) is 6.43. The van der Waals surface area contributed by atoms with Gasteiger partial charge in [-0.25, -0.2) is 0 Å². The summed E-state index contributed by atoms with van der Waals surface area (Å²) < 4.78 is 5.61. The third-order valence-corrected chi connectivity index (χ3v) is 2.66. The van der Waals surface area contributed by atoms with E-state index in [2.05, 4.69) is 27.7 Å². The van der Waals surface area contributed by atoms with E-state index >= 15 is 0 Å². The third kappa shape index (κ3) is 7.34. The highest BCUT2D eigenvalue weighted by atomic mass is 16.5. The van der Waals surface area contributed by atoms with E-state index < -0.39 is 0 Å². The summed E-state index contributed by atoms with van der Waals surface area (Å²) >= 11 is 0. The topological polar surface area (TPSA) is 29.5 Å². The van der Waals surface area contributed by atoms with Crippen LogP contribution in [0, 0.1) is 17.8 Å². The number of hydrogen-bond donors (Lipinski definition) is 1. The van der Waals surface area contributed by atoms with Crippen LogP contribution in [0.5, 0.6) is 0 Å². The number of aliphatic hydroxyl groups excluding tert-OH is 1. The Hall–Kier alpha value is -0.0800. The van der Waals surface area contributed by atoms with Crippen LogP contribution in [0.2, 0.25) is 0 Å². The monoisotopic (exact) mass is 202 g/mol. The Morgan fingerprint density at radius 2 is 1.57 bits per heavy atom. The van der Waals surface area contributed by atoms with Gasteiger partial charge in [0, 0.05) is 13.2 Å². The summed E-state index contributed by atoms with van der Waals surface area (Å²) in [5, 5.41) is 9.16. The van der Waals surface area contributed by atoms with Crippen molar-refractivity contribution in [2.24, 2.45) is 17.8 Å². The first kappa shape index (κ1) is 13.9. The molecule has 0 rings (SSSR count). The maximum absolute atomic E-state index is 9.16. The molecule has 14 heavy (non-hydrogen) atoms. The summed E-state index contributed by atoms with van der Waals surface area (Å²) in [4.78, 5) is 0. The molecule has 0 radical (unpaired) electrons. The van der Waals surface area contributed by atoms with E-state index in [0.29, 0.717) is 17.8 Å². The lowest BCUT2D eigenvalue weighted by Crippen LogP contribution is -2.17. The average Bonchev–Trinajstić information content (AvgIpc) is 2.02. The number of ether oxygens (including phenoxy) is 1. The lowest BCUT2D eigenvalue weighted by atomic mass is 9.99. The largest absolute Gasteiger partial charge is 0.393 e. The van der Waals surface area contributed by atoms with Gasteiger partial charge in [-0.3, -0.25) is 0 Å². The van der Waals surface area contributed by atoms with E-state index in [4.69, 9.17) is 9.84 Å². The molecular formula is C12H26O2. The highest BCUT2D eigenvalue weighted by Crippen LogP contribution is 2.11. The molecule has 3 unspecified atom stereocenters. The minimum atomic E-state index is -0.212. The lowest BCUT2D eigenvalue weighted by Gasteiger charge is -2.18. The molecule has 0 aromatic heterocycles. The lowest BCUT2D eigenvalue weighted by molar-refractivity contribution is 0.0520. The van der Waals surface area contributed by atoms with Gasteiger partial charge < -0.3 is 9.84 Å². The zero-order chi connectivity index (χ0) is 11.1. The standard InChI is InChI=1S/C12H26O2/c1-9(2)11(4)8-14-7-10(3)6-12(5)13/h9-13H,6-8H2,1-5H3. The van der Waals surface area contributed by atoms with E-state index in [-0.39, 0.29) is 6.10 Å². The van der Waals surface area contributed by atoms with Crippen molar-refractivity contribution >= 4 is 0 Å². The normalized spacial score (nSPS) is 18.2. The summed E-state index contributed by atoms with van der Waals surface area (Å²) in [6, 6.07) is 0. The highest BCUT2D eigenvalue weighted by molar-refractivity contribution is 4.58. The summed E-state index contributed by atoms with van der Waals surface area (Å²) in [5.74, 6) is 1.75. The van der Waals surface area contributed by atoms with Crippen molar-refractivity contribution in [2.45, 2.75) is 47.1 Å². The second-order valence-electron chi connectivity index (χ2n) is 4.95. The maximum Gasteiger partial charge on any atom is 0.0515 e. The van der Waals surface area contributed by atoms with Gasteiger partial charge in [0.05, 0.1) is 6.10 Å². The van der Waals surface area contributed by atoms with Crippen LogP contribution in [0.25, 0.3) is 0 Å². The quantitative estimate of drug-likeness (QED) is 0.688. The minimum Gasteiger partial charge on any atom is -0.393 e. The van der Waals surface area contributed by atoms with E-state index in [9.17, 15) is 0 Å². The predicted octanol–water partition coefficient (Wildman–Crippen LogP) is 2.70. The Morgan fingerprint density at radius 3 is 2.00 bits per heavy atom. The molecule has 0 aromatic carbocycles. The number of rotatable bonds is 7. The molecule has 0 spiro atoms. The van der Waals surface area contributed by atoms with E-state index in [1.54, 1.807) is 0 Å². The third-order valence-electron chi connectivity index (χ3n) is 2.66. The SMILES string of the molecule is CC(O)CC(C)COCC(C)C(C)C. The van der Waals surface area contributed by atoms with Crippen molar-refractivity contribution in [1.29, 1.82) is 0 Å². The first-order valence-electron chi connectivity index (χ1n) is 5.69. The molecule has 0 amide bonds. The smallest absolute Gasteiger partial charge is 0.0515 e.